The summed E-state index contributed by atoms with van der Waals surface area (Å²) in [4.78, 5) is 5.23. The number of hydrogen-bond donors (Lipinski definition) is 0. The molecule has 0 aliphatic carbocycles. The Kier molecular flexibility index (Phi) is 3.18. The highest BCUT2D eigenvalue weighted by atomic mass is 32.1. The highest BCUT2D eigenvalue weighted by Gasteiger charge is 2.00. The zero-order chi connectivity index (χ0) is 11.4. The van der Waals surface area contributed by atoms with Crippen LogP contribution in [0.4, 0.5) is 0 Å². The van der Waals surface area contributed by atoms with E-state index in [1.807, 2.05) is 25.3 Å². The minimum atomic E-state index is 0.500. The number of aromatic nitrogens is 1. The molecule has 0 N–H and O–H groups in total. The highest BCUT2D eigenvalue weighted by Crippen LogP contribution is 2.17. The number of ether oxygens (including phenoxy) is 1. The number of nitriles is 1. The van der Waals surface area contributed by atoms with E-state index in [0.717, 1.165) is 9.88 Å². The molecule has 0 saturated heterocycles. The first-order chi connectivity index (χ1) is 7.78. The van der Waals surface area contributed by atoms with Gasteiger partial charge in [0.2, 0.25) is 0 Å². The highest BCUT2D eigenvalue weighted by molar-refractivity contribution is 7.11. The average molecular weight is 230 g/mol. The Morgan fingerprint density at radius 3 is 3.06 bits per heavy atom. The summed E-state index contributed by atoms with van der Waals surface area (Å²) in [7, 11) is 0. The fraction of sp³-hybridized carbons (Fsp3) is 0.167. The van der Waals surface area contributed by atoms with E-state index in [2.05, 4.69) is 11.1 Å². The molecule has 0 bridgehead atoms. The molecule has 0 aliphatic rings. The zero-order valence-electron chi connectivity index (χ0n) is 8.80. The van der Waals surface area contributed by atoms with E-state index < -0.39 is 0 Å². The third-order valence-electron chi connectivity index (χ3n) is 2.01. The van der Waals surface area contributed by atoms with Crippen LogP contribution in [0.15, 0.2) is 30.5 Å². The van der Waals surface area contributed by atoms with Gasteiger partial charge < -0.3 is 4.74 Å². The Bertz CT molecular complexity index is 528. The monoisotopic (exact) mass is 230 g/mol. The molecule has 0 saturated carbocycles. The van der Waals surface area contributed by atoms with Gasteiger partial charge in [0, 0.05) is 6.20 Å². The predicted octanol–water partition coefficient (Wildman–Crippen LogP) is 2.90. The summed E-state index contributed by atoms with van der Waals surface area (Å²) >= 11 is 1.62. The zero-order valence-corrected chi connectivity index (χ0v) is 9.62. The Morgan fingerprint density at radius 1 is 1.50 bits per heavy atom. The topological polar surface area (TPSA) is 45.9 Å². The van der Waals surface area contributed by atoms with E-state index in [0.29, 0.717) is 17.9 Å². The first kappa shape index (κ1) is 10.7. The third kappa shape index (κ3) is 2.59. The summed E-state index contributed by atoms with van der Waals surface area (Å²) in [5.74, 6) is 0.713. The van der Waals surface area contributed by atoms with Crippen molar-refractivity contribution in [2.45, 2.75) is 13.5 Å². The fourth-order valence-electron chi connectivity index (χ4n) is 1.28. The Balaban J connectivity index is 2.02. The number of aryl methyl sites for hydroxylation is 1. The molecule has 80 valence electrons. The molecule has 0 atom stereocenters. The average Bonchev–Trinajstić information content (AvgIpc) is 2.73. The Labute approximate surface area is 97.9 Å². The van der Waals surface area contributed by atoms with Gasteiger partial charge in [-0.1, -0.05) is 6.07 Å². The first-order valence-corrected chi connectivity index (χ1v) is 5.64. The molecule has 1 aromatic carbocycles. The number of rotatable bonds is 3. The fourth-order valence-corrected chi connectivity index (χ4v) is 1.99. The second kappa shape index (κ2) is 4.77. The summed E-state index contributed by atoms with van der Waals surface area (Å²) < 4.78 is 5.57. The number of hydrogen-bond acceptors (Lipinski definition) is 4. The van der Waals surface area contributed by atoms with Crippen LogP contribution in [0.3, 0.4) is 0 Å². The maximum atomic E-state index is 8.74. The minimum absolute atomic E-state index is 0.500. The summed E-state index contributed by atoms with van der Waals surface area (Å²) in [6, 6.07) is 9.22. The summed E-state index contributed by atoms with van der Waals surface area (Å²) in [6.45, 7) is 2.46. The molecule has 0 spiro atoms. The third-order valence-corrected chi connectivity index (χ3v) is 2.90. The van der Waals surface area contributed by atoms with Crippen molar-refractivity contribution in [3.05, 3.63) is 45.9 Å². The molecule has 0 unspecified atom stereocenters. The van der Waals surface area contributed by atoms with Gasteiger partial charge in [0.1, 0.15) is 12.4 Å². The van der Waals surface area contributed by atoms with E-state index in [-0.39, 0.29) is 0 Å². The van der Waals surface area contributed by atoms with Gasteiger partial charge in [0.25, 0.3) is 0 Å². The van der Waals surface area contributed by atoms with E-state index >= 15 is 0 Å². The summed E-state index contributed by atoms with van der Waals surface area (Å²) in [5.41, 5.74) is 0.609. The van der Waals surface area contributed by atoms with E-state index in [1.54, 1.807) is 23.5 Å². The maximum absolute atomic E-state index is 8.74. The van der Waals surface area contributed by atoms with Gasteiger partial charge in [-0.2, -0.15) is 5.26 Å². The van der Waals surface area contributed by atoms with Crippen LogP contribution in [0.1, 0.15) is 15.4 Å². The molecule has 0 aliphatic heterocycles. The van der Waals surface area contributed by atoms with Crippen molar-refractivity contribution in [1.29, 1.82) is 5.26 Å². The van der Waals surface area contributed by atoms with Gasteiger partial charge in [-0.05, 0) is 25.1 Å². The second-order valence-corrected chi connectivity index (χ2v) is 4.59. The van der Waals surface area contributed by atoms with Gasteiger partial charge >= 0.3 is 0 Å². The summed E-state index contributed by atoms with van der Waals surface area (Å²) in [5, 5.41) is 9.77. The second-order valence-electron chi connectivity index (χ2n) is 3.27. The van der Waals surface area contributed by atoms with E-state index in [4.69, 9.17) is 10.00 Å². The van der Waals surface area contributed by atoms with Crippen molar-refractivity contribution < 1.29 is 4.74 Å². The van der Waals surface area contributed by atoms with Crippen LogP contribution in [0.25, 0.3) is 0 Å². The standard InChI is InChI=1S/C12H10N2OS/c1-9-14-7-12(16-9)8-15-11-4-2-3-10(5-11)6-13/h2-5,7H,8H2,1H3. The molecule has 16 heavy (non-hydrogen) atoms. The van der Waals surface area contributed by atoms with Gasteiger partial charge in [-0.25, -0.2) is 4.98 Å². The Hall–Kier alpha value is -1.86. The molecular formula is C12H10N2OS. The van der Waals surface area contributed by atoms with Crippen molar-refractivity contribution in [1.82, 2.24) is 4.98 Å². The Morgan fingerprint density at radius 2 is 2.38 bits per heavy atom. The molecule has 1 heterocycles. The smallest absolute Gasteiger partial charge is 0.124 e. The molecule has 2 aromatic rings. The molecule has 0 amide bonds. The van der Waals surface area contributed by atoms with Crippen LogP contribution in [-0.4, -0.2) is 4.98 Å². The van der Waals surface area contributed by atoms with Gasteiger partial charge in [0.05, 0.1) is 21.5 Å². The lowest BCUT2D eigenvalue weighted by atomic mass is 10.2. The van der Waals surface area contributed by atoms with E-state index in [9.17, 15) is 0 Å². The van der Waals surface area contributed by atoms with E-state index in [1.165, 1.54) is 0 Å². The number of benzene rings is 1. The van der Waals surface area contributed by atoms with Crippen LogP contribution in [0.5, 0.6) is 5.75 Å². The minimum Gasteiger partial charge on any atom is -0.488 e. The van der Waals surface area contributed by atoms with Gasteiger partial charge in [0.15, 0.2) is 0 Å². The molecule has 2 rings (SSSR count). The van der Waals surface area contributed by atoms with Crippen LogP contribution < -0.4 is 4.74 Å². The van der Waals surface area contributed by atoms with Crippen LogP contribution >= 0.6 is 11.3 Å². The van der Waals surface area contributed by atoms with Crippen LogP contribution in [-0.2, 0) is 6.61 Å². The van der Waals surface area contributed by atoms with Crippen molar-refractivity contribution in [2.75, 3.05) is 0 Å². The number of thiazole rings is 1. The lowest BCUT2D eigenvalue weighted by molar-refractivity contribution is 0.309. The predicted molar refractivity (Wildman–Crippen MR) is 62.3 cm³/mol. The van der Waals surface area contributed by atoms with Crippen LogP contribution in [0, 0.1) is 18.3 Å². The lowest BCUT2D eigenvalue weighted by Crippen LogP contribution is -1.92. The van der Waals surface area contributed by atoms with Gasteiger partial charge in [-0.3, -0.25) is 0 Å². The van der Waals surface area contributed by atoms with Crippen molar-refractivity contribution >= 4 is 11.3 Å². The SMILES string of the molecule is Cc1ncc(COc2cccc(C#N)c2)s1. The first-order valence-electron chi connectivity index (χ1n) is 4.82. The largest absolute Gasteiger partial charge is 0.488 e. The quantitative estimate of drug-likeness (QED) is 0.814. The molecule has 0 radical (unpaired) electrons. The molecule has 4 heteroatoms. The molecular weight excluding hydrogens is 220 g/mol. The maximum Gasteiger partial charge on any atom is 0.124 e. The van der Waals surface area contributed by atoms with Crippen molar-refractivity contribution in [3.63, 3.8) is 0 Å². The molecule has 0 fully saturated rings. The normalized spacial score (nSPS) is 9.75. The summed E-state index contributed by atoms with van der Waals surface area (Å²) in [6.07, 6.45) is 1.81. The number of nitrogens with zero attached hydrogens (tertiary/aromatic N) is 2. The van der Waals surface area contributed by atoms with Crippen molar-refractivity contribution in [3.8, 4) is 11.8 Å². The van der Waals surface area contributed by atoms with Crippen LogP contribution in [0.2, 0.25) is 0 Å². The molecule has 3 nitrogen and oxygen atoms in total. The lowest BCUT2D eigenvalue weighted by Gasteiger charge is -2.03. The van der Waals surface area contributed by atoms with Gasteiger partial charge in [-0.15, -0.1) is 11.3 Å². The van der Waals surface area contributed by atoms with Crippen molar-refractivity contribution in [2.24, 2.45) is 0 Å². The molecule has 1 aromatic heterocycles.